The zero-order valence-corrected chi connectivity index (χ0v) is 16.6. The van der Waals surface area contributed by atoms with Gasteiger partial charge in [-0.3, -0.25) is 19.1 Å². The molecule has 1 N–H and O–H groups in total. The summed E-state index contributed by atoms with van der Waals surface area (Å²) in [7, 11) is 0. The highest BCUT2D eigenvalue weighted by atomic mass is 16.2. The van der Waals surface area contributed by atoms with E-state index < -0.39 is 11.2 Å². The Balaban J connectivity index is 1.78. The molecule has 7 heteroatoms. The summed E-state index contributed by atoms with van der Waals surface area (Å²) < 4.78 is 3.20. The summed E-state index contributed by atoms with van der Waals surface area (Å²) >= 11 is 0. The molecular formula is C21H26N4O3. The normalized spacial score (nSPS) is 11.4. The topological polar surface area (TPSA) is 89.8 Å². The number of hydrogen-bond acceptors (Lipinski definition) is 4. The van der Waals surface area contributed by atoms with Crippen molar-refractivity contribution >= 4 is 16.9 Å². The van der Waals surface area contributed by atoms with Crippen LogP contribution in [0.1, 0.15) is 44.7 Å². The summed E-state index contributed by atoms with van der Waals surface area (Å²) in [4.78, 5) is 43.0. The van der Waals surface area contributed by atoms with Crippen LogP contribution in [0.2, 0.25) is 0 Å². The van der Waals surface area contributed by atoms with Gasteiger partial charge in [0.05, 0.1) is 12.9 Å². The van der Waals surface area contributed by atoms with Crippen molar-refractivity contribution in [1.82, 2.24) is 19.1 Å². The predicted octanol–water partition coefficient (Wildman–Crippen LogP) is 2.50. The van der Waals surface area contributed by atoms with Crippen LogP contribution < -0.4 is 11.2 Å². The quantitative estimate of drug-likeness (QED) is 0.648. The van der Waals surface area contributed by atoms with Crippen LogP contribution in [0.3, 0.4) is 0 Å². The number of nitrogens with zero attached hydrogens (tertiary/aromatic N) is 3. The average Bonchev–Trinajstić information content (AvgIpc) is 3.08. The largest absolute Gasteiger partial charge is 0.330 e. The molecule has 3 aromatic rings. The van der Waals surface area contributed by atoms with Gasteiger partial charge in [0.15, 0.2) is 11.2 Å². The first-order chi connectivity index (χ1) is 13.4. The van der Waals surface area contributed by atoms with Crippen LogP contribution in [0, 0.1) is 5.92 Å². The van der Waals surface area contributed by atoms with Crippen LogP contribution >= 0.6 is 0 Å². The molecule has 28 heavy (non-hydrogen) atoms. The molecule has 0 spiro atoms. The smallest absolute Gasteiger partial charge is 0.325 e. The Hall–Kier alpha value is -2.96. The van der Waals surface area contributed by atoms with Gasteiger partial charge in [0.25, 0.3) is 5.56 Å². The highest BCUT2D eigenvalue weighted by Crippen LogP contribution is 2.12. The Kier molecular flexibility index (Phi) is 5.92. The van der Waals surface area contributed by atoms with Crippen LogP contribution in [0.15, 0.2) is 40.2 Å². The van der Waals surface area contributed by atoms with Gasteiger partial charge in [-0.15, -0.1) is 0 Å². The molecule has 0 amide bonds. The van der Waals surface area contributed by atoms with E-state index >= 15 is 0 Å². The number of benzene rings is 1. The second-order valence-corrected chi connectivity index (χ2v) is 7.50. The minimum Gasteiger partial charge on any atom is -0.325 e. The molecule has 0 aliphatic carbocycles. The number of ketones is 1. The summed E-state index contributed by atoms with van der Waals surface area (Å²) in [6.45, 7) is 6.93. The van der Waals surface area contributed by atoms with Crippen molar-refractivity contribution in [3.63, 3.8) is 0 Å². The van der Waals surface area contributed by atoms with Gasteiger partial charge in [-0.2, -0.15) is 0 Å². The number of aryl methyl sites for hydroxylation is 2. The lowest BCUT2D eigenvalue weighted by Crippen LogP contribution is -2.31. The number of hydrogen-bond donors (Lipinski definition) is 1. The highest BCUT2D eigenvalue weighted by molar-refractivity contribution is 5.78. The van der Waals surface area contributed by atoms with Crippen LogP contribution in [0.4, 0.5) is 0 Å². The third kappa shape index (κ3) is 4.30. The Morgan fingerprint density at radius 2 is 1.82 bits per heavy atom. The summed E-state index contributed by atoms with van der Waals surface area (Å²) in [6.07, 6.45) is 3.46. The van der Waals surface area contributed by atoms with E-state index in [1.54, 1.807) is 10.9 Å². The molecule has 0 saturated carbocycles. The first-order valence-electron chi connectivity index (χ1n) is 9.66. The van der Waals surface area contributed by atoms with E-state index in [1.807, 2.05) is 45.0 Å². The Morgan fingerprint density at radius 1 is 1.14 bits per heavy atom. The molecule has 0 bridgehead atoms. The molecule has 0 fully saturated rings. The SMILES string of the molecule is CCn1cnc2c1c(=O)[nH]c(=O)n2Cc1ccc(CCC(=O)CC(C)C)cc1. The number of nitrogens with one attached hydrogen (secondary N) is 1. The summed E-state index contributed by atoms with van der Waals surface area (Å²) in [6, 6.07) is 7.86. The van der Waals surface area contributed by atoms with Crippen molar-refractivity contribution in [3.05, 3.63) is 62.6 Å². The van der Waals surface area contributed by atoms with E-state index in [0.29, 0.717) is 43.0 Å². The van der Waals surface area contributed by atoms with E-state index in [0.717, 1.165) is 17.5 Å². The van der Waals surface area contributed by atoms with Crippen molar-refractivity contribution in [2.24, 2.45) is 5.92 Å². The maximum absolute atomic E-state index is 12.3. The maximum atomic E-state index is 12.3. The third-order valence-corrected chi connectivity index (χ3v) is 4.79. The summed E-state index contributed by atoms with van der Waals surface area (Å²) in [5.74, 6) is 0.672. The number of aromatic nitrogens is 4. The number of fused-ring (bicyclic) bond motifs is 1. The van der Waals surface area contributed by atoms with Gasteiger partial charge < -0.3 is 4.57 Å². The lowest BCUT2D eigenvalue weighted by Gasteiger charge is -2.08. The fourth-order valence-corrected chi connectivity index (χ4v) is 3.34. The molecule has 0 saturated heterocycles. The van der Waals surface area contributed by atoms with Crippen molar-refractivity contribution in [1.29, 1.82) is 0 Å². The number of rotatable bonds is 8. The van der Waals surface area contributed by atoms with Gasteiger partial charge in [0.2, 0.25) is 0 Å². The van der Waals surface area contributed by atoms with Gasteiger partial charge in [-0.1, -0.05) is 38.1 Å². The summed E-state index contributed by atoms with van der Waals surface area (Å²) in [5.41, 5.74) is 1.93. The maximum Gasteiger partial charge on any atom is 0.330 e. The van der Waals surface area contributed by atoms with Crippen LogP contribution in [0.5, 0.6) is 0 Å². The second-order valence-electron chi connectivity index (χ2n) is 7.50. The number of carbonyl (C=O) groups excluding carboxylic acids is 1. The van der Waals surface area contributed by atoms with Crippen molar-refractivity contribution < 1.29 is 4.79 Å². The molecule has 7 nitrogen and oxygen atoms in total. The molecule has 0 radical (unpaired) electrons. The van der Waals surface area contributed by atoms with Crippen LogP contribution in [-0.2, 0) is 24.3 Å². The third-order valence-electron chi connectivity index (χ3n) is 4.79. The number of aromatic amines is 1. The molecule has 0 aliphatic rings. The second kappa shape index (κ2) is 8.37. The van der Waals surface area contributed by atoms with Gasteiger partial charge in [0, 0.05) is 19.4 Å². The van der Waals surface area contributed by atoms with Crippen LogP contribution in [-0.4, -0.2) is 24.9 Å². The van der Waals surface area contributed by atoms with Crippen LogP contribution in [0.25, 0.3) is 11.2 Å². The molecule has 0 aliphatic heterocycles. The molecular weight excluding hydrogens is 356 g/mol. The van der Waals surface area contributed by atoms with E-state index in [1.165, 1.54) is 4.57 Å². The van der Waals surface area contributed by atoms with E-state index in [2.05, 4.69) is 9.97 Å². The molecule has 2 heterocycles. The monoisotopic (exact) mass is 382 g/mol. The molecule has 2 aromatic heterocycles. The standard InChI is InChI=1S/C21H26N4O3/c1-4-24-13-22-19-18(24)20(27)23-21(28)25(19)12-16-7-5-15(6-8-16)9-10-17(26)11-14(2)3/h5-8,13-14H,4,9-12H2,1-3H3,(H,23,27,28). The molecule has 0 atom stereocenters. The zero-order valence-electron chi connectivity index (χ0n) is 16.6. The Bertz CT molecular complexity index is 1090. The number of imidazole rings is 1. The first-order valence-corrected chi connectivity index (χ1v) is 9.66. The minimum atomic E-state index is -0.470. The number of Topliss-reactive ketones (excluding diaryl/α,β-unsaturated/α-hetero) is 1. The van der Waals surface area contributed by atoms with Gasteiger partial charge >= 0.3 is 5.69 Å². The molecule has 0 unspecified atom stereocenters. The highest BCUT2D eigenvalue weighted by Gasteiger charge is 2.13. The molecule has 1 aromatic carbocycles. The zero-order chi connectivity index (χ0) is 20.3. The van der Waals surface area contributed by atoms with Crippen molar-refractivity contribution in [2.45, 2.75) is 53.1 Å². The molecule has 3 rings (SSSR count). The molecule has 148 valence electrons. The van der Waals surface area contributed by atoms with Gasteiger partial charge in [-0.25, -0.2) is 9.78 Å². The lowest BCUT2D eigenvalue weighted by atomic mass is 10.0. The van der Waals surface area contributed by atoms with E-state index in [4.69, 9.17) is 0 Å². The van der Waals surface area contributed by atoms with E-state index in [9.17, 15) is 14.4 Å². The van der Waals surface area contributed by atoms with Gasteiger partial charge in [-0.05, 0) is 30.4 Å². The van der Waals surface area contributed by atoms with Gasteiger partial charge in [0.1, 0.15) is 5.78 Å². The van der Waals surface area contributed by atoms with Crippen molar-refractivity contribution in [3.8, 4) is 0 Å². The fraction of sp³-hybridized carbons (Fsp3) is 0.429. The Morgan fingerprint density at radius 3 is 2.46 bits per heavy atom. The lowest BCUT2D eigenvalue weighted by molar-refractivity contribution is -0.119. The average molecular weight is 382 g/mol. The predicted molar refractivity (Wildman–Crippen MR) is 109 cm³/mol. The minimum absolute atomic E-state index is 0.285. The first kappa shape index (κ1) is 19.8. The fourth-order valence-electron chi connectivity index (χ4n) is 3.34. The van der Waals surface area contributed by atoms with E-state index in [-0.39, 0.29) is 5.78 Å². The summed E-state index contributed by atoms with van der Waals surface area (Å²) in [5, 5.41) is 0. The number of H-pyrrole nitrogens is 1. The number of carbonyl (C=O) groups is 1. The Labute approximate surface area is 163 Å². The van der Waals surface area contributed by atoms with Crippen molar-refractivity contribution in [2.75, 3.05) is 0 Å².